The SMILES string of the molecule is CCCC(NCc1sccc1Br)C(=O)O. The van der Waals surface area contributed by atoms with Crippen LogP contribution in [-0.2, 0) is 11.3 Å². The van der Waals surface area contributed by atoms with Crippen LogP contribution in [0.1, 0.15) is 24.6 Å². The maximum atomic E-state index is 10.9. The number of hydrogen-bond donors (Lipinski definition) is 2. The molecule has 0 aliphatic rings. The first-order valence-corrected chi connectivity index (χ1v) is 6.50. The Balaban J connectivity index is 2.47. The van der Waals surface area contributed by atoms with Crippen LogP contribution in [0.3, 0.4) is 0 Å². The zero-order valence-corrected chi connectivity index (χ0v) is 10.9. The van der Waals surface area contributed by atoms with Crippen LogP contribution >= 0.6 is 27.3 Å². The van der Waals surface area contributed by atoms with Gasteiger partial charge in [-0.1, -0.05) is 13.3 Å². The molecule has 0 bridgehead atoms. The topological polar surface area (TPSA) is 49.3 Å². The number of carbonyl (C=O) groups is 1. The number of hydrogen-bond acceptors (Lipinski definition) is 3. The first-order chi connectivity index (χ1) is 7.15. The molecule has 0 aromatic carbocycles. The zero-order chi connectivity index (χ0) is 11.3. The quantitative estimate of drug-likeness (QED) is 0.847. The normalized spacial score (nSPS) is 12.7. The molecule has 0 aliphatic heterocycles. The molecule has 3 nitrogen and oxygen atoms in total. The second-order valence-corrected chi connectivity index (χ2v) is 5.11. The minimum Gasteiger partial charge on any atom is -0.480 e. The summed E-state index contributed by atoms with van der Waals surface area (Å²) in [6.07, 6.45) is 1.54. The predicted molar refractivity (Wildman–Crippen MR) is 65.2 cm³/mol. The van der Waals surface area contributed by atoms with Crippen molar-refractivity contribution in [3.05, 3.63) is 20.8 Å². The average Bonchev–Trinajstić information content (AvgIpc) is 2.58. The van der Waals surface area contributed by atoms with Crippen molar-refractivity contribution in [3.63, 3.8) is 0 Å². The molecule has 0 fully saturated rings. The predicted octanol–water partition coefficient (Wildman–Crippen LogP) is 2.85. The summed E-state index contributed by atoms with van der Waals surface area (Å²) in [5, 5.41) is 14.0. The third-order valence-electron chi connectivity index (χ3n) is 2.08. The van der Waals surface area contributed by atoms with E-state index in [2.05, 4.69) is 21.2 Å². The summed E-state index contributed by atoms with van der Waals surface area (Å²) in [5.41, 5.74) is 0. The van der Waals surface area contributed by atoms with Gasteiger partial charge in [-0.2, -0.15) is 0 Å². The lowest BCUT2D eigenvalue weighted by Crippen LogP contribution is -2.35. The fraction of sp³-hybridized carbons (Fsp3) is 0.500. The van der Waals surface area contributed by atoms with E-state index in [1.807, 2.05) is 18.4 Å². The Bertz CT molecular complexity index is 327. The smallest absolute Gasteiger partial charge is 0.320 e. The summed E-state index contributed by atoms with van der Waals surface area (Å²) >= 11 is 5.03. The largest absolute Gasteiger partial charge is 0.480 e. The molecule has 0 amide bonds. The van der Waals surface area contributed by atoms with E-state index in [1.54, 1.807) is 11.3 Å². The number of thiophene rings is 1. The van der Waals surface area contributed by atoms with E-state index in [1.165, 1.54) is 0 Å². The van der Waals surface area contributed by atoms with Gasteiger partial charge in [0.05, 0.1) is 0 Å². The molecule has 0 saturated carbocycles. The van der Waals surface area contributed by atoms with Gasteiger partial charge in [0.2, 0.25) is 0 Å². The van der Waals surface area contributed by atoms with Crippen molar-refractivity contribution in [2.24, 2.45) is 0 Å². The van der Waals surface area contributed by atoms with E-state index in [4.69, 9.17) is 5.11 Å². The molecule has 0 aliphatic carbocycles. The van der Waals surface area contributed by atoms with Gasteiger partial charge in [0.15, 0.2) is 0 Å². The van der Waals surface area contributed by atoms with E-state index in [-0.39, 0.29) is 0 Å². The summed E-state index contributed by atoms with van der Waals surface area (Å²) in [6.45, 7) is 2.59. The highest BCUT2D eigenvalue weighted by atomic mass is 79.9. The second-order valence-electron chi connectivity index (χ2n) is 3.25. The van der Waals surface area contributed by atoms with Crippen molar-refractivity contribution in [2.45, 2.75) is 32.4 Å². The molecule has 15 heavy (non-hydrogen) atoms. The second kappa shape index (κ2) is 6.25. The van der Waals surface area contributed by atoms with Gasteiger partial charge in [-0.05, 0) is 33.8 Å². The van der Waals surface area contributed by atoms with Gasteiger partial charge in [0, 0.05) is 15.9 Å². The Labute approximate surface area is 102 Å². The van der Waals surface area contributed by atoms with Gasteiger partial charge >= 0.3 is 5.97 Å². The van der Waals surface area contributed by atoms with Crippen molar-refractivity contribution >= 4 is 33.2 Å². The zero-order valence-electron chi connectivity index (χ0n) is 8.50. The number of aliphatic carboxylic acids is 1. The third-order valence-corrected chi connectivity index (χ3v) is 4.00. The highest BCUT2D eigenvalue weighted by Crippen LogP contribution is 2.22. The Hall–Kier alpha value is -0.390. The molecule has 1 heterocycles. The van der Waals surface area contributed by atoms with E-state index in [0.29, 0.717) is 13.0 Å². The summed E-state index contributed by atoms with van der Waals surface area (Å²) in [7, 11) is 0. The maximum absolute atomic E-state index is 10.9. The minimum absolute atomic E-state index is 0.441. The molecule has 1 rings (SSSR count). The van der Waals surface area contributed by atoms with E-state index in [9.17, 15) is 4.79 Å². The van der Waals surface area contributed by atoms with Crippen LogP contribution in [0.15, 0.2) is 15.9 Å². The number of halogens is 1. The average molecular weight is 292 g/mol. The number of carboxylic acids is 1. The van der Waals surface area contributed by atoms with Crippen LogP contribution in [0.4, 0.5) is 0 Å². The maximum Gasteiger partial charge on any atom is 0.320 e. The molecule has 84 valence electrons. The van der Waals surface area contributed by atoms with Crippen molar-refractivity contribution in [1.82, 2.24) is 5.32 Å². The van der Waals surface area contributed by atoms with Crippen LogP contribution in [-0.4, -0.2) is 17.1 Å². The van der Waals surface area contributed by atoms with Gasteiger partial charge in [0.1, 0.15) is 6.04 Å². The lowest BCUT2D eigenvalue weighted by Gasteiger charge is -2.12. The van der Waals surface area contributed by atoms with Gasteiger partial charge in [0.25, 0.3) is 0 Å². The fourth-order valence-electron chi connectivity index (χ4n) is 1.27. The first kappa shape index (κ1) is 12.7. The molecule has 0 spiro atoms. The van der Waals surface area contributed by atoms with Crippen molar-refractivity contribution in [3.8, 4) is 0 Å². The standard InChI is InChI=1S/C10H14BrNO2S/c1-2-3-8(10(13)14)12-6-9-7(11)4-5-15-9/h4-5,8,12H,2-3,6H2,1H3,(H,13,14). The van der Waals surface area contributed by atoms with Crippen LogP contribution in [0.5, 0.6) is 0 Å². The van der Waals surface area contributed by atoms with E-state index < -0.39 is 12.0 Å². The number of carboxylic acid groups (broad SMARTS) is 1. The third kappa shape index (κ3) is 3.93. The Morgan fingerprint density at radius 2 is 2.47 bits per heavy atom. The van der Waals surface area contributed by atoms with Gasteiger partial charge in [-0.15, -0.1) is 11.3 Å². The molecule has 1 unspecified atom stereocenters. The minimum atomic E-state index is -0.774. The van der Waals surface area contributed by atoms with Gasteiger partial charge in [-0.3, -0.25) is 10.1 Å². The molecule has 0 radical (unpaired) electrons. The van der Waals surface area contributed by atoms with Crippen LogP contribution in [0.25, 0.3) is 0 Å². The molecular weight excluding hydrogens is 278 g/mol. The van der Waals surface area contributed by atoms with E-state index >= 15 is 0 Å². The molecule has 1 aromatic heterocycles. The summed E-state index contributed by atoms with van der Waals surface area (Å²) in [5.74, 6) is -0.774. The van der Waals surface area contributed by atoms with E-state index in [0.717, 1.165) is 15.8 Å². The van der Waals surface area contributed by atoms with Crippen molar-refractivity contribution in [2.75, 3.05) is 0 Å². The van der Waals surface area contributed by atoms with Gasteiger partial charge in [-0.25, -0.2) is 0 Å². The molecular formula is C10H14BrNO2S. The summed E-state index contributed by atoms with van der Waals surface area (Å²) < 4.78 is 1.04. The van der Waals surface area contributed by atoms with Crippen molar-refractivity contribution in [1.29, 1.82) is 0 Å². The highest BCUT2D eigenvalue weighted by Gasteiger charge is 2.15. The van der Waals surface area contributed by atoms with Crippen LogP contribution < -0.4 is 5.32 Å². The molecule has 1 aromatic rings. The monoisotopic (exact) mass is 291 g/mol. The van der Waals surface area contributed by atoms with Crippen LogP contribution in [0, 0.1) is 0 Å². The fourth-order valence-corrected chi connectivity index (χ4v) is 2.71. The Morgan fingerprint density at radius 3 is 2.93 bits per heavy atom. The molecule has 2 N–H and O–H groups in total. The molecule has 0 saturated heterocycles. The molecule has 5 heteroatoms. The highest BCUT2D eigenvalue weighted by molar-refractivity contribution is 9.10. The summed E-state index contributed by atoms with van der Waals surface area (Å²) in [4.78, 5) is 12.0. The number of rotatable bonds is 6. The first-order valence-electron chi connectivity index (χ1n) is 4.83. The lowest BCUT2D eigenvalue weighted by molar-refractivity contribution is -0.139. The van der Waals surface area contributed by atoms with Crippen LogP contribution in [0.2, 0.25) is 0 Å². The Kier molecular flexibility index (Phi) is 5.28. The Morgan fingerprint density at radius 1 is 1.73 bits per heavy atom. The number of nitrogens with one attached hydrogen (secondary N) is 1. The summed E-state index contributed by atoms with van der Waals surface area (Å²) in [6, 6.07) is 1.53. The molecule has 1 atom stereocenters. The van der Waals surface area contributed by atoms with Gasteiger partial charge < -0.3 is 5.11 Å². The van der Waals surface area contributed by atoms with Crippen molar-refractivity contribution < 1.29 is 9.90 Å². The lowest BCUT2D eigenvalue weighted by atomic mass is 10.1.